The number of hydrogen-bond acceptors (Lipinski definition) is 5. The van der Waals surface area contributed by atoms with Crippen LogP contribution in [-0.4, -0.2) is 38.9 Å². The maximum Gasteiger partial charge on any atom is 0.217 e. The first-order valence-electron chi connectivity index (χ1n) is 10.7. The molecule has 2 aliphatic carbocycles. The summed E-state index contributed by atoms with van der Waals surface area (Å²) in [6, 6.07) is 4.29. The van der Waals surface area contributed by atoms with Crippen LogP contribution in [0.15, 0.2) is 12.1 Å². The summed E-state index contributed by atoms with van der Waals surface area (Å²) in [5.41, 5.74) is 1.28. The molecule has 0 aromatic heterocycles. The van der Waals surface area contributed by atoms with Gasteiger partial charge in [-0.05, 0) is 59.6 Å². The average molecular weight is 402 g/mol. The second-order valence-corrected chi connectivity index (χ2v) is 9.72. The van der Waals surface area contributed by atoms with Crippen LogP contribution in [0, 0.1) is 22.7 Å². The minimum absolute atomic E-state index is 0.0224. The second-order valence-electron chi connectivity index (χ2n) is 9.72. The van der Waals surface area contributed by atoms with Gasteiger partial charge in [-0.15, -0.1) is 0 Å². The van der Waals surface area contributed by atoms with Gasteiger partial charge in [0.15, 0.2) is 11.5 Å². The number of hydrogen-bond donors (Lipinski definition) is 1. The number of carbonyl (C=O) groups excluding carboxylic acids is 1. The van der Waals surface area contributed by atoms with Gasteiger partial charge in [-0.3, -0.25) is 4.79 Å². The van der Waals surface area contributed by atoms with E-state index < -0.39 is 0 Å². The number of methoxy groups -OCH3 is 1. The number of amides is 1. The van der Waals surface area contributed by atoms with E-state index in [1.54, 1.807) is 14.0 Å². The van der Waals surface area contributed by atoms with E-state index in [9.17, 15) is 4.79 Å². The highest BCUT2D eigenvalue weighted by Crippen LogP contribution is 2.70. The van der Waals surface area contributed by atoms with Gasteiger partial charge in [0.25, 0.3) is 0 Å². The monoisotopic (exact) mass is 401 g/mol. The van der Waals surface area contributed by atoms with Crippen molar-refractivity contribution in [2.75, 3.05) is 26.9 Å². The maximum absolute atomic E-state index is 12.0. The molecule has 2 bridgehead atoms. The van der Waals surface area contributed by atoms with Gasteiger partial charge in [-0.2, -0.15) is 0 Å². The van der Waals surface area contributed by atoms with E-state index >= 15 is 0 Å². The Balaban J connectivity index is 1.53. The standard InChI is InChI=1S/C23H31NO5/c1-13(25)24-21-22(2,3)15-11-16-19(28-6-5-23(16,21)12-15)14-9-17(26-4)20-18(10-14)27-7-8-29-20/h9-10,15-16,19,21H,5-8,11-12H2,1-4H3,(H,24,25)/t15-,16-,19-,21-,23-/m1/s1. The number of ether oxygens (including phenoxy) is 4. The maximum atomic E-state index is 12.0. The summed E-state index contributed by atoms with van der Waals surface area (Å²) in [6.45, 7) is 8.05. The van der Waals surface area contributed by atoms with E-state index in [0.717, 1.165) is 30.6 Å². The van der Waals surface area contributed by atoms with Gasteiger partial charge in [0.2, 0.25) is 11.7 Å². The Hall–Kier alpha value is -1.95. The molecular formula is C23H31NO5. The predicted octanol–water partition coefficient (Wildman–Crippen LogP) is 3.48. The molecule has 5 rings (SSSR count). The predicted molar refractivity (Wildman–Crippen MR) is 107 cm³/mol. The molecule has 2 saturated carbocycles. The lowest BCUT2D eigenvalue weighted by atomic mass is 9.59. The molecule has 2 heterocycles. The lowest BCUT2D eigenvalue weighted by Crippen LogP contribution is -2.58. The molecule has 6 nitrogen and oxygen atoms in total. The van der Waals surface area contributed by atoms with Crippen LogP contribution in [-0.2, 0) is 9.53 Å². The highest BCUT2D eigenvalue weighted by Gasteiger charge is 2.68. The lowest BCUT2D eigenvalue weighted by molar-refractivity contribution is -0.136. The molecule has 6 heteroatoms. The molecule has 1 spiro atoms. The highest BCUT2D eigenvalue weighted by atomic mass is 16.6. The molecule has 5 atom stereocenters. The number of carbonyl (C=O) groups is 1. The van der Waals surface area contributed by atoms with Crippen molar-refractivity contribution in [1.29, 1.82) is 0 Å². The van der Waals surface area contributed by atoms with E-state index in [1.165, 1.54) is 0 Å². The minimum Gasteiger partial charge on any atom is -0.493 e. The van der Waals surface area contributed by atoms with Crippen LogP contribution < -0.4 is 19.5 Å². The molecule has 158 valence electrons. The van der Waals surface area contributed by atoms with Gasteiger partial charge in [-0.1, -0.05) is 13.8 Å². The van der Waals surface area contributed by atoms with Crippen LogP contribution in [0.5, 0.6) is 17.2 Å². The topological polar surface area (TPSA) is 66.0 Å². The zero-order valence-electron chi connectivity index (χ0n) is 17.7. The lowest BCUT2D eigenvalue weighted by Gasteiger charge is -2.53. The Morgan fingerprint density at radius 2 is 2.00 bits per heavy atom. The third kappa shape index (κ3) is 2.68. The molecule has 3 fully saturated rings. The fourth-order valence-electron chi connectivity index (χ4n) is 6.78. The Morgan fingerprint density at radius 3 is 2.76 bits per heavy atom. The summed E-state index contributed by atoms with van der Waals surface area (Å²) < 4.78 is 23.6. The summed E-state index contributed by atoms with van der Waals surface area (Å²) in [5, 5.41) is 3.33. The van der Waals surface area contributed by atoms with E-state index in [1.807, 2.05) is 6.07 Å². The molecular weight excluding hydrogens is 370 g/mol. The highest BCUT2D eigenvalue weighted by molar-refractivity contribution is 5.73. The van der Waals surface area contributed by atoms with Crippen molar-refractivity contribution < 1.29 is 23.7 Å². The summed E-state index contributed by atoms with van der Waals surface area (Å²) in [5.74, 6) is 3.13. The van der Waals surface area contributed by atoms with Crippen molar-refractivity contribution in [3.05, 3.63) is 17.7 Å². The van der Waals surface area contributed by atoms with E-state index in [4.69, 9.17) is 18.9 Å². The van der Waals surface area contributed by atoms with Crippen molar-refractivity contribution in [2.24, 2.45) is 22.7 Å². The Kier molecular flexibility index (Phi) is 4.28. The molecule has 0 radical (unpaired) electrons. The normalized spacial score (nSPS) is 36.4. The second kappa shape index (κ2) is 6.53. The summed E-state index contributed by atoms with van der Waals surface area (Å²) in [6.07, 6.45) is 3.27. The number of rotatable bonds is 3. The smallest absolute Gasteiger partial charge is 0.217 e. The quantitative estimate of drug-likeness (QED) is 0.840. The van der Waals surface area contributed by atoms with Crippen molar-refractivity contribution >= 4 is 5.91 Å². The molecule has 1 amide bonds. The van der Waals surface area contributed by atoms with Gasteiger partial charge in [-0.25, -0.2) is 0 Å². The van der Waals surface area contributed by atoms with Crippen molar-refractivity contribution in [2.45, 2.75) is 52.2 Å². The zero-order valence-corrected chi connectivity index (χ0v) is 17.7. The molecule has 1 aromatic carbocycles. The van der Waals surface area contributed by atoms with Gasteiger partial charge in [0.1, 0.15) is 13.2 Å². The number of benzene rings is 1. The number of nitrogens with one attached hydrogen (secondary N) is 1. The van der Waals surface area contributed by atoms with Crippen LogP contribution in [0.25, 0.3) is 0 Å². The summed E-state index contributed by atoms with van der Waals surface area (Å²) in [4.78, 5) is 12.0. The van der Waals surface area contributed by atoms with E-state index in [-0.39, 0.29) is 28.9 Å². The first-order chi connectivity index (χ1) is 13.9. The number of fused-ring (bicyclic) bond motifs is 2. The van der Waals surface area contributed by atoms with Crippen molar-refractivity contribution in [3.8, 4) is 17.2 Å². The van der Waals surface area contributed by atoms with Crippen LogP contribution in [0.2, 0.25) is 0 Å². The molecule has 0 unspecified atom stereocenters. The van der Waals surface area contributed by atoms with E-state index in [0.29, 0.717) is 43.2 Å². The van der Waals surface area contributed by atoms with Crippen molar-refractivity contribution in [1.82, 2.24) is 5.32 Å². The first kappa shape index (κ1) is 19.0. The Morgan fingerprint density at radius 1 is 1.21 bits per heavy atom. The fourth-order valence-corrected chi connectivity index (χ4v) is 6.78. The Bertz CT molecular complexity index is 820. The van der Waals surface area contributed by atoms with Gasteiger partial charge in [0.05, 0.1) is 13.2 Å². The van der Waals surface area contributed by atoms with Gasteiger partial charge < -0.3 is 24.3 Å². The van der Waals surface area contributed by atoms with Crippen LogP contribution >= 0.6 is 0 Å². The van der Waals surface area contributed by atoms with Crippen LogP contribution in [0.4, 0.5) is 0 Å². The molecule has 1 aromatic rings. The summed E-state index contributed by atoms with van der Waals surface area (Å²) in [7, 11) is 1.66. The first-order valence-corrected chi connectivity index (χ1v) is 10.7. The Labute approximate surface area is 172 Å². The molecule has 2 aliphatic heterocycles. The molecule has 1 N–H and O–H groups in total. The van der Waals surface area contributed by atoms with Gasteiger partial charge in [0, 0.05) is 19.6 Å². The third-order valence-corrected chi connectivity index (χ3v) is 8.03. The summed E-state index contributed by atoms with van der Waals surface area (Å²) >= 11 is 0. The van der Waals surface area contributed by atoms with Crippen LogP contribution in [0.3, 0.4) is 0 Å². The van der Waals surface area contributed by atoms with Crippen molar-refractivity contribution in [3.63, 3.8) is 0 Å². The van der Waals surface area contributed by atoms with Gasteiger partial charge >= 0.3 is 0 Å². The van der Waals surface area contributed by atoms with Crippen LogP contribution in [0.1, 0.15) is 51.7 Å². The minimum atomic E-state index is -0.0224. The van der Waals surface area contributed by atoms with E-state index in [2.05, 4.69) is 25.2 Å². The fraction of sp³-hybridized carbons (Fsp3) is 0.696. The largest absolute Gasteiger partial charge is 0.493 e. The SMILES string of the molecule is COc1cc([C@H]2OCC[C@@]34C[C@@H](C[C@H]23)C(C)(C)[C@H]4NC(C)=O)cc2c1OCCO2. The molecule has 4 aliphatic rings. The third-order valence-electron chi connectivity index (χ3n) is 8.03. The average Bonchev–Trinajstić information content (AvgIpc) is 3.19. The zero-order chi connectivity index (χ0) is 20.4. The molecule has 1 saturated heterocycles. The molecule has 29 heavy (non-hydrogen) atoms.